The molecule has 0 spiro atoms. The number of ether oxygens (including phenoxy) is 2. The number of fused-ring (bicyclic) bond motifs is 1. The van der Waals surface area contributed by atoms with E-state index in [1.807, 2.05) is 24.3 Å². The number of H-pyrrole nitrogens is 1. The topological polar surface area (TPSA) is 88.0 Å². The molecular formula is C19H17N3O3. The summed E-state index contributed by atoms with van der Waals surface area (Å²) in [6.45, 7) is 0. The molecule has 0 fully saturated rings. The predicted molar refractivity (Wildman–Crippen MR) is 92.7 cm³/mol. The lowest BCUT2D eigenvalue weighted by molar-refractivity contribution is -0.118. The van der Waals surface area contributed by atoms with E-state index in [9.17, 15) is 10.1 Å². The maximum absolute atomic E-state index is 12.6. The van der Waals surface area contributed by atoms with E-state index >= 15 is 0 Å². The second-order valence-corrected chi connectivity index (χ2v) is 5.53. The number of hydrogen-bond donors (Lipinski definition) is 1. The fraction of sp³-hybridized carbons (Fsp3) is 0.211. The van der Waals surface area contributed by atoms with Gasteiger partial charge in [-0.05, 0) is 29.8 Å². The summed E-state index contributed by atoms with van der Waals surface area (Å²) in [7, 11) is 3.09. The number of imidazole rings is 1. The molecule has 126 valence electrons. The molecule has 3 rings (SSSR count). The van der Waals surface area contributed by atoms with Crippen LogP contribution in [0.15, 0.2) is 42.5 Å². The van der Waals surface area contributed by atoms with Crippen LogP contribution >= 0.6 is 0 Å². The van der Waals surface area contributed by atoms with Gasteiger partial charge in [-0.25, -0.2) is 4.98 Å². The first-order chi connectivity index (χ1) is 12.2. The molecule has 3 aromatic rings. The molecule has 6 heteroatoms. The maximum atomic E-state index is 12.6. The number of nitrogens with zero attached hydrogens (tertiary/aromatic N) is 2. The number of aromatic nitrogens is 2. The van der Waals surface area contributed by atoms with Crippen LogP contribution in [0.3, 0.4) is 0 Å². The second kappa shape index (κ2) is 7.05. The van der Waals surface area contributed by atoms with Gasteiger partial charge in [-0.3, -0.25) is 4.79 Å². The number of hydrogen-bond acceptors (Lipinski definition) is 5. The van der Waals surface area contributed by atoms with Gasteiger partial charge in [0.05, 0.1) is 31.3 Å². The molecule has 0 radical (unpaired) electrons. The summed E-state index contributed by atoms with van der Waals surface area (Å²) < 4.78 is 10.4. The number of aromatic amines is 1. The SMILES string of the molecule is COc1ccc(CC(=O)C(C#N)c2nc3ccccc3[nH]2)cc1OC. The molecule has 2 aromatic carbocycles. The van der Waals surface area contributed by atoms with Gasteiger partial charge in [0.25, 0.3) is 0 Å². The number of ketones is 1. The van der Waals surface area contributed by atoms with Crippen molar-refractivity contribution < 1.29 is 14.3 Å². The highest BCUT2D eigenvalue weighted by molar-refractivity contribution is 5.90. The van der Waals surface area contributed by atoms with Crippen molar-refractivity contribution >= 4 is 16.8 Å². The number of rotatable bonds is 6. The van der Waals surface area contributed by atoms with E-state index < -0.39 is 5.92 Å². The minimum Gasteiger partial charge on any atom is -0.493 e. The number of methoxy groups -OCH3 is 2. The molecule has 1 atom stereocenters. The van der Waals surface area contributed by atoms with Gasteiger partial charge in [-0.15, -0.1) is 0 Å². The zero-order valence-electron chi connectivity index (χ0n) is 13.9. The normalized spacial score (nSPS) is 11.7. The summed E-state index contributed by atoms with van der Waals surface area (Å²) >= 11 is 0. The Kier molecular flexibility index (Phi) is 4.66. The number of Topliss-reactive ketones (excluding diaryl/α,β-unsaturated/α-hetero) is 1. The summed E-state index contributed by atoms with van der Waals surface area (Å²) in [5.41, 5.74) is 2.28. The standard InChI is InChI=1S/C19H17N3O3/c1-24-17-8-7-12(10-18(17)25-2)9-16(23)13(11-20)19-21-14-5-3-4-6-15(14)22-19/h3-8,10,13H,9H2,1-2H3,(H,21,22). The average molecular weight is 335 g/mol. The molecule has 1 unspecified atom stereocenters. The van der Waals surface area contributed by atoms with Crippen LogP contribution in [0.5, 0.6) is 11.5 Å². The Bertz CT molecular complexity index is 923. The van der Waals surface area contributed by atoms with Gasteiger partial charge in [0.1, 0.15) is 5.82 Å². The van der Waals surface area contributed by atoms with Crippen molar-refractivity contribution in [1.82, 2.24) is 9.97 Å². The lowest BCUT2D eigenvalue weighted by atomic mass is 9.98. The Hall–Kier alpha value is -3.33. The van der Waals surface area contributed by atoms with Gasteiger partial charge >= 0.3 is 0 Å². The zero-order valence-corrected chi connectivity index (χ0v) is 13.9. The number of benzene rings is 2. The molecule has 0 aliphatic rings. The average Bonchev–Trinajstić information content (AvgIpc) is 3.05. The number of para-hydroxylation sites is 2. The highest BCUT2D eigenvalue weighted by Crippen LogP contribution is 2.28. The molecule has 1 N–H and O–H groups in total. The minimum atomic E-state index is -0.944. The largest absolute Gasteiger partial charge is 0.493 e. The van der Waals surface area contributed by atoms with Crippen molar-refractivity contribution in [3.05, 3.63) is 53.9 Å². The highest BCUT2D eigenvalue weighted by atomic mass is 16.5. The fourth-order valence-corrected chi connectivity index (χ4v) is 2.69. The first kappa shape index (κ1) is 16.5. The van der Waals surface area contributed by atoms with Gasteiger partial charge in [0.15, 0.2) is 23.2 Å². The van der Waals surface area contributed by atoms with Gasteiger partial charge in [-0.2, -0.15) is 5.26 Å². The number of nitriles is 1. The monoisotopic (exact) mass is 335 g/mol. The minimum absolute atomic E-state index is 0.107. The lowest BCUT2D eigenvalue weighted by Gasteiger charge is -2.10. The second-order valence-electron chi connectivity index (χ2n) is 5.53. The number of carbonyl (C=O) groups excluding carboxylic acids is 1. The Balaban J connectivity index is 1.84. The first-order valence-corrected chi connectivity index (χ1v) is 7.74. The van der Waals surface area contributed by atoms with E-state index in [-0.39, 0.29) is 12.2 Å². The van der Waals surface area contributed by atoms with Gasteiger partial charge in [0, 0.05) is 6.42 Å². The lowest BCUT2D eigenvalue weighted by Crippen LogP contribution is -2.15. The van der Waals surface area contributed by atoms with Crippen LogP contribution in [-0.2, 0) is 11.2 Å². The molecule has 0 saturated heterocycles. The molecule has 0 saturated carbocycles. The Morgan fingerprint density at radius 2 is 1.96 bits per heavy atom. The van der Waals surface area contributed by atoms with E-state index in [0.717, 1.165) is 16.6 Å². The summed E-state index contributed by atoms with van der Waals surface area (Å²) in [6, 6.07) is 14.7. The summed E-state index contributed by atoms with van der Waals surface area (Å²) in [5.74, 6) is 0.335. The van der Waals surface area contributed by atoms with Crippen molar-refractivity contribution in [3.63, 3.8) is 0 Å². The molecular weight excluding hydrogens is 318 g/mol. The zero-order chi connectivity index (χ0) is 17.8. The Morgan fingerprint density at radius 3 is 2.64 bits per heavy atom. The molecule has 25 heavy (non-hydrogen) atoms. The van der Waals surface area contributed by atoms with E-state index in [4.69, 9.17) is 9.47 Å². The van der Waals surface area contributed by atoms with E-state index in [1.165, 1.54) is 7.11 Å². The fourth-order valence-electron chi connectivity index (χ4n) is 2.69. The van der Waals surface area contributed by atoms with Crippen molar-refractivity contribution in [2.24, 2.45) is 0 Å². The quantitative estimate of drug-likeness (QED) is 0.748. The van der Waals surface area contributed by atoms with E-state index in [0.29, 0.717) is 17.3 Å². The van der Waals surface area contributed by atoms with E-state index in [2.05, 4.69) is 16.0 Å². The van der Waals surface area contributed by atoms with Crippen molar-refractivity contribution in [2.75, 3.05) is 14.2 Å². The predicted octanol–water partition coefficient (Wildman–Crippen LogP) is 3.00. The number of carbonyl (C=O) groups is 1. The van der Waals surface area contributed by atoms with Crippen LogP contribution in [0.2, 0.25) is 0 Å². The van der Waals surface area contributed by atoms with Crippen LogP contribution < -0.4 is 9.47 Å². The molecule has 0 bridgehead atoms. The third kappa shape index (κ3) is 3.31. The van der Waals surface area contributed by atoms with Crippen LogP contribution in [0.4, 0.5) is 0 Å². The van der Waals surface area contributed by atoms with Gasteiger partial charge in [0.2, 0.25) is 0 Å². The summed E-state index contributed by atoms with van der Waals surface area (Å²) in [5, 5.41) is 9.46. The highest BCUT2D eigenvalue weighted by Gasteiger charge is 2.24. The molecule has 0 aliphatic carbocycles. The molecule has 0 aliphatic heterocycles. The summed E-state index contributed by atoms with van der Waals surface area (Å²) in [6.07, 6.45) is 0.107. The Labute approximate surface area is 145 Å². The van der Waals surface area contributed by atoms with Crippen molar-refractivity contribution in [1.29, 1.82) is 5.26 Å². The molecule has 1 aromatic heterocycles. The van der Waals surface area contributed by atoms with E-state index in [1.54, 1.807) is 25.3 Å². The van der Waals surface area contributed by atoms with Gasteiger partial charge in [-0.1, -0.05) is 18.2 Å². The van der Waals surface area contributed by atoms with Crippen LogP contribution in [0, 0.1) is 11.3 Å². The van der Waals surface area contributed by atoms with Crippen molar-refractivity contribution in [3.8, 4) is 17.6 Å². The van der Waals surface area contributed by atoms with Crippen molar-refractivity contribution in [2.45, 2.75) is 12.3 Å². The van der Waals surface area contributed by atoms with Crippen LogP contribution in [0.25, 0.3) is 11.0 Å². The van der Waals surface area contributed by atoms with Gasteiger partial charge < -0.3 is 14.5 Å². The molecule has 1 heterocycles. The summed E-state index contributed by atoms with van der Waals surface area (Å²) in [4.78, 5) is 20.0. The number of nitrogens with one attached hydrogen (secondary N) is 1. The molecule has 0 amide bonds. The van der Waals surface area contributed by atoms with Crippen LogP contribution in [-0.4, -0.2) is 30.0 Å². The maximum Gasteiger partial charge on any atom is 0.162 e. The Morgan fingerprint density at radius 1 is 1.20 bits per heavy atom. The third-order valence-corrected chi connectivity index (χ3v) is 3.96. The molecule has 6 nitrogen and oxygen atoms in total. The first-order valence-electron chi connectivity index (χ1n) is 7.74. The third-order valence-electron chi connectivity index (χ3n) is 3.96. The van der Waals surface area contributed by atoms with Crippen LogP contribution in [0.1, 0.15) is 17.3 Å². The smallest absolute Gasteiger partial charge is 0.162 e.